The van der Waals surface area contributed by atoms with Crippen molar-refractivity contribution in [2.75, 3.05) is 0 Å². The molecule has 0 N–H and O–H groups in total. The molecule has 1 aromatic carbocycles. The van der Waals surface area contributed by atoms with Crippen molar-refractivity contribution in [1.29, 1.82) is 0 Å². The van der Waals surface area contributed by atoms with Crippen molar-refractivity contribution >= 4 is 16.8 Å². The van der Waals surface area contributed by atoms with E-state index in [1.54, 1.807) is 0 Å². The lowest BCUT2D eigenvalue weighted by molar-refractivity contribution is -0.111. The first-order chi connectivity index (χ1) is 8.16. The van der Waals surface area contributed by atoms with E-state index in [1.807, 2.05) is 18.2 Å². The number of carbonyl (C=O) groups excluding carboxylic acids is 1. The molecular formula is C15H23ClO. The Labute approximate surface area is 110 Å². The van der Waals surface area contributed by atoms with Crippen LogP contribution in [0.2, 0.25) is 0 Å². The van der Waals surface area contributed by atoms with Gasteiger partial charge in [0.2, 0.25) is 5.24 Å². The molecule has 0 amide bonds. The van der Waals surface area contributed by atoms with Crippen LogP contribution in [-0.2, 0) is 4.79 Å². The topological polar surface area (TPSA) is 17.1 Å². The van der Waals surface area contributed by atoms with Gasteiger partial charge in [0.25, 0.3) is 0 Å². The third-order valence-corrected chi connectivity index (χ3v) is 2.61. The highest BCUT2D eigenvalue weighted by Crippen LogP contribution is 2.05. The number of aryl methyl sites for hydroxylation is 1. The lowest BCUT2D eigenvalue weighted by Crippen LogP contribution is -1.85. The van der Waals surface area contributed by atoms with Crippen LogP contribution in [0.5, 0.6) is 0 Å². The van der Waals surface area contributed by atoms with E-state index in [1.165, 1.54) is 24.8 Å². The molecule has 0 unspecified atom stereocenters. The number of halogens is 1. The minimum atomic E-state index is -0.198. The first kappa shape index (κ1) is 16.2. The van der Waals surface area contributed by atoms with Crippen molar-refractivity contribution in [3.63, 3.8) is 0 Å². The van der Waals surface area contributed by atoms with Gasteiger partial charge in [-0.1, -0.05) is 68.5 Å². The summed E-state index contributed by atoms with van der Waals surface area (Å²) in [5.41, 5.74) is 1.32. The summed E-state index contributed by atoms with van der Waals surface area (Å²) in [4.78, 5) is 10.2. The highest BCUT2D eigenvalue weighted by Gasteiger charge is 1.94. The molecule has 0 aliphatic rings. The molecule has 0 atom stereocenters. The molecule has 0 bridgehead atoms. The number of hydrogen-bond acceptors (Lipinski definition) is 1. The van der Waals surface area contributed by atoms with E-state index in [0.29, 0.717) is 6.42 Å². The second-order valence-electron chi connectivity index (χ2n) is 4.17. The molecule has 1 rings (SSSR count). The quantitative estimate of drug-likeness (QED) is 0.509. The van der Waals surface area contributed by atoms with Gasteiger partial charge in [-0.05, 0) is 24.9 Å². The molecule has 2 heteroatoms. The highest BCUT2D eigenvalue weighted by molar-refractivity contribution is 6.63. The maximum Gasteiger partial charge on any atom is 0.221 e. The Morgan fingerprint density at radius 3 is 2.06 bits per heavy atom. The van der Waals surface area contributed by atoms with Crippen LogP contribution in [0.15, 0.2) is 30.3 Å². The van der Waals surface area contributed by atoms with Gasteiger partial charge in [-0.3, -0.25) is 4.79 Å². The maximum absolute atomic E-state index is 10.2. The SMILES string of the molecule is CCCCCCCC(=O)Cl.Cc1ccccc1. The van der Waals surface area contributed by atoms with E-state index in [0.717, 1.165) is 12.8 Å². The van der Waals surface area contributed by atoms with Gasteiger partial charge in [-0.2, -0.15) is 0 Å². The second-order valence-corrected chi connectivity index (χ2v) is 4.60. The fourth-order valence-corrected chi connectivity index (χ4v) is 1.54. The summed E-state index contributed by atoms with van der Waals surface area (Å²) in [5, 5.41) is -0.198. The van der Waals surface area contributed by atoms with Crippen LogP contribution in [0.3, 0.4) is 0 Å². The van der Waals surface area contributed by atoms with Crippen LogP contribution in [0.4, 0.5) is 0 Å². The molecule has 0 aliphatic carbocycles. The molecule has 1 nitrogen and oxygen atoms in total. The van der Waals surface area contributed by atoms with Gasteiger partial charge >= 0.3 is 0 Å². The average Bonchev–Trinajstić information content (AvgIpc) is 2.30. The Kier molecular flexibility index (Phi) is 11.1. The Morgan fingerprint density at radius 2 is 1.65 bits per heavy atom. The van der Waals surface area contributed by atoms with E-state index in [9.17, 15) is 4.79 Å². The minimum absolute atomic E-state index is 0.198. The zero-order chi connectivity index (χ0) is 12.9. The van der Waals surface area contributed by atoms with Crippen LogP contribution in [0.25, 0.3) is 0 Å². The van der Waals surface area contributed by atoms with E-state index >= 15 is 0 Å². The first-order valence-corrected chi connectivity index (χ1v) is 6.74. The number of benzene rings is 1. The smallest absolute Gasteiger partial charge is 0.221 e. The predicted molar refractivity (Wildman–Crippen MR) is 75.4 cm³/mol. The van der Waals surface area contributed by atoms with Gasteiger partial charge in [0.15, 0.2) is 0 Å². The molecule has 0 aromatic heterocycles. The third-order valence-electron chi connectivity index (χ3n) is 2.42. The third kappa shape index (κ3) is 13.1. The van der Waals surface area contributed by atoms with Crippen LogP contribution >= 0.6 is 11.6 Å². The molecule has 17 heavy (non-hydrogen) atoms. The van der Waals surface area contributed by atoms with Crippen molar-refractivity contribution in [3.8, 4) is 0 Å². The first-order valence-electron chi connectivity index (χ1n) is 6.36. The zero-order valence-corrected chi connectivity index (χ0v) is 11.7. The standard InChI is InChI=1S/C8H15ClO.C7H8/c1-2-3-4-5-6-7-8(9)10;1-7-5-3-2-4-6-7/h2-7H2,1H3;2-6H,1H3. The molecule has 0 saturated heterocycles. The van der Waals surface area contributed by atoms with E-state index in [-0.39, 0.29) is 5.24 Å². The highest BCUT2D eigenvalue weighted by atomic mass is 35.5. The number of carbonyl (C=O) groups is 1. The van der Waals surface area contributed by atoms with Crippen LogP contribution in [0, 0.1) is 6.92 Å². The molecule has 0 aliphatic heterocycles. The Hall–Kier alpha value is -0.820. The fraction of sp³-hybridized carbons (Fsp3) is 0.533. The molecule has 0 spiro atoms. The summed E-state index contributed by atoms with van der Waals surface area (Å²) < 4.78 is 0. The Morgan fingerprint density at radius 1 is 1.06 bits per heavy atom. The van der Waals surface area contributed by atoms with Gasteiger partial charge in [-0.15, -0.1) is 0 Å². The van der Waals surface area contributed by atoms with Crippen LogP contribution in [0.1, 0.15) is 51.0 Å². The summed E-state index contributed by atoms with van der Waals surface area (Å²) in [6.45, 7) is 4.26. The number of hydrogen-bond donors (Lipinski definition) is 0. The number of rotatable bonds is 6. The minimum Gasteiger partial charge on any atom is -0.281 e. The summed E-state index contributed by atoms with van der Waals surface area (Å²) in [6.07, 6.45) is 6.41. The molecule has 0 fully saturated rings. The lowest BCUT2D eigenvalue weighted by atomic mass is 10.1. The lowest BCUT2D eigenvalue weighted by Gasteiger charge is -1.95. The van der Waals surface area contributed by atoms with Gasteiger partial charge in [0.05, 0.1) is 0 Å². The van der Waals surface area contributed by atoms with Crippen molar-refractivity contribution in [2.45, 2.75) is 52.4 Å². The van der Waals surface area contributed by atoms with E-state index in [2.05, 4.69) is 26.0 Å². The van der Waals surface area contributed by atoms with Gasteiger partial charge in [0, 0.05) is 6.42 Å². The largest absolute Gasteiger partial charge is 0.281 e. The molecule has 0 radical (unpaired) electrons. The Bertz CT molecular complexity index is 282. The predicted octanol–water partition coefficient (Wildman–Crippen LogP) is 5.11. The summed E-state index contributed by atoms with van der Waals surface area (Å²) in [7, 11) is 0. The zero-order valence-electron chi connectivity index (χ0n) is 10.9. The molecule has 0 saturated carbocycles. The summed E-state index contributed by atoms with van der Waals surface area (Å²) in [6, 6.07) is 10.3. The normalized spacial score (nSPS) is 9.35. The van der Waals surface area contributed by atoms with Crippen molar-refractivity contribution in [3.05, 3.63) is 35.9 Å². The van der Waals surface area contributed by atoms with Crippen molar-refractivity contribution in [1.82, 2.24) is 0 Å². The number of unbranched alkanes of at least 4 members (excludes halogenated alkanes) is 4. The summed E-state index contributed by atoms with van der Waals surface area (Å²) >= 11 is 5.15. The van der Waals surface area contributed by atoms with E-state index in [4.69, 9.17) is 11.6 Å². The monoisotopic (exact) mass is 254 g/mol. The van der Waals surface area contributed by atoms with Gasteiger partial charge in [0.1, 0.15) is 0 Å². The fourth-order valence-electron chi connectivity index (χ4n) is 1.40. The van der Waals surface area contributed by atoms with E-state index < -0.39 is 0 Å². The van der Waals surface area contributed by atoms with Crippen molar-refractivity contribution < 1.29 is 4.79 Å². The molecule has 96 valence electrons. The van der Waals surface area contributed by atoms with Gasteiger partial charge in [-0.25, -0.2) is 0 Å². The average molecular weight is 255 g/mol. The molecular weight excluding hydrogens is 232 g/mol. The second kappa shape index (κ2) is 11.7. The van der Waals surface area contributed by atoms with Crippen LogP contribution in [-0.4, -0.2) is 5.24 Å². The van der Waals surface area contributed by atoms with Gasteiger partial charge < -0.3 is 0 Å². The maximum atomic E-state index is 10.2. The Balaban J connectivity index is 0.000000318. The molecule has 0 heterocycles. The molecule has 1 aromatic rings. The van der Waals surface area contributed by atoms with Crippen LogP contribution < -0.4 is 0 Å². The summed E-state index contributed by atoms with van der Waals surface area (Å²) in [5.74, 6) is 0. The van der Waals surface area contributed by atoms with Crippen molar-refractivity contribution in [2.24, 2.45) is 0 Å².